The van der Waals surface area contributed by atoms with E-state index in [-0.39, 0.29) is 0 Å². The Bertz CT molecular complexity index is 482. The second-order valence-corrected chi connectivity index (χ2v) is 7.48. The van der Waals surface area contributed by atoms with Crippen molar-refractivity contribution >= 4 is 5.91 Å². The van der Waals surface area contributed by atoms with E-state index in [0.717, 1.165) is 24.8 Å². The number of hydrogen-bond acceptors (Lipinski definition) is 1. The van der Waals surface area contributed by atoms with Gasteiger partial charge in [-0.25, -0.2) is 0 Å². The molecule has 4 saturated carbocycles. The lowest BCUT2D eigenvalue weighted by Crippen LogP contribution is -2.51. The van der Waals surface area contributed by atoms with Crippen LogP contribution in [0.4, 0.5) is 0 Å². The van der Waals surface area contributed by atoms with Crippen molar-refractivity contribution < 1.29 is 4.79 Å². The molecule has 1 amide bonds. The highest BCUT2D eigenvalue weighted by molar-refractivity contribution is 5.79. The standard InChI is InChI=1S/C19H25NO/c21-19(20-7-6-13-4-2-1-3-5-13)18-16-9-14-8-15(11-16)12-17(18)10-14/h1-5,14-18H,6-12H2,(H,20,21). The van der Waals surface area contributed by atoms with Crippen LogP contribution in [0.2, 0.25) is 0 Å². The first-order chi connectivity index (χ1) is 10.3. The summed E-state index contributed by atoms with van der Waals surface area (Å²) in [4.78, 5) is 12.6. The number of carbonyl (C=O) groups is 1. The molecule has 21 heavy (non-hydrogen) atoms. The fraction of sp³-hybridized carbons (Fsp3) is 0.632. The number of carbonyl (C=O) groups excluding carboxylic acids is 1. The van der Waals surface area contributed by atoms with Crippen LogP contribution in [0.3, 0.4) is 0 Å². The molecule has 4 aliphatic carbocycles. The van der Waals surface area contributed by atoms with Gasteiger partial charge in [0.05, 0.1) is 0 Å². The highest BCUT2D eigenvalue weighted by Crippen LogP contribution is 2.56. The second-order valence-electron chi connectivity index (χ2n) is 7.48. The van der Waals surface area contributed by atoms with E-state index < -0.39 is 0 Å². The van der Waals surface area contributed by atoms with Crippen molar-refractivity contribution in [1.82, 2.24) is 5.32 Å². The normalized spacial score (nSPS) is 36.7. The predicted molar refractivity (Wildman–Crippen MR) is 83.7 cm³/mol. The van der Waals surface area contributed by atoms with Gasteiger partial charge in [0, 0.05) is 12.5 Å². The summed E-state index contributed by atoms with van der Waals surface area (Å²) in [6.07, 6.45) is 7.69. The van der Waals surface area contributed by atoms with Gasteiger partial charge in [-0.3, -0.25) is 4.79 Å². The van der Waals surface area contributed by atoms with Crippen LogP contribution in [0.1, 0.15) is 37.7 Å². The average Bonchev–Trinajstić information content (AvgIpc) is 2.47. The second kappa shape index (κ2) is 5.47. The molecule has 4 fully saturated rings. The zero-order valence-corrected chi connectivity index (χ0v) is 12.6. The Morgan fingerprint density at radius 3 is 2.19 bits per heavy atom. The molecule has 0 aromatic heterocycles. The molecule has 0 atom stereocenters. The highest BCUT2D eigenvalue weighted by Gasteiger charge is 2.50. The van der Waals surface area contributed by atoms with Crippen LogP contribution in [0.25, 0.3) is 0 Å². The summed E-state index contributed by atoms with van der Waals surface area (Å²) in [5, 5.41) is 3.22. The zero-order chi connectivity index (χ0) is 14.2. The first kappa shape index (κ1) is 13.4. The van der Waals surface area contributed by atoms with Gasteiger partial charge < -0.3 is 5.32 Å². The van der Waals surface area contributed by atoms with E-state index in [4.69, 9.17) is 0 Å². The lowest BCUT2D eigenvalue weighted by atomic mass is 9.51. The zero-order valence-electron chi connectivity index (χ0n) is 12.6. The maximum atomic E-state index is 12.6. The largest absolute Gasteiger partial charge is 0.356 e. The molecule has 0 aliphatic heterocycles. The minimum Gasteiger partial charge on any atom is -0.356 e. The third-order valence-electron chi connectivity index (χ3n) is 6.09. The van der Waals surface area contributed by atoms with Crippen molar-refractivity contribution in [3.8, 4) is 0 Å². The Balaban J connectivity index is 1.33. The molecule has 0 radical (unpaired) electrons. The third kappa shape index (κ3) is 2.61. The number of benzene rings is 1. The lowest BCUT2D eigenvalue weighted by Gasteiger charge is -2.53. The summed E-state index contributed by atoms with van der Waals surface area (Å²) in [7, 11) is 0. The van der Waals surface area contributed by atoms with Crippen molar-refractivity contribution in [1.29, 1.82) is 0 Å². The van der Waals surface area contributed by atoms with Crippen LogP contribution in [0.5, 0.6) is 0 Å². The van der Waals surface area contributed by atoms with Gasteiger partial charge in [0.1, 0.15) is 0 Å². The molecule has 0 spiro atoms. The molecule has 0 heterocycles. The van der Waals surface area contributed by atoms with Gasteiger partial charge >= 0.3 is 0 Å². The van der Waals surface area contributed by atoms with Crippen molar-refractivity contribution in [3.05, 3.63) is 35.9 Å². The van der Waals surface area contributed by atoms with Crippen molar-refractivity contribution in [2.24, 2.45) is 29.6 Å². The lowest BCUT2D eigenvalue weighted by molar-refractivity contribution is -0.138. The minimum absolute atomic E-state index is 0.327. The molecule has 0 saturated heterocycles. The molecule has 0 unspecified atom stereocenters. The first-order valence-electron chi connectivity index (χ1n) is 8.61. The van der Waals surface area contributed by atoms with Crippen LogP contribution in [-0.4, -0.2) is 12.5 Å². The molecular formula is C19H25NO. The quantitative estimate of drug-likeness (QED) is 0.901. The fourth-order valence-corrected chi connectivity index (χ4v) is 5.45. The smallest absolute Gasteiger partial charge is 0.223 e. The van der Waals surface area contributed by atoms with E-state index in [1.165, 1.54) is 37.7 Å². The Morgan fingerprint density at radius 1 is 0.952 bits per heavy atom. The van der Waals surface area contributed by atoms with E-state index in [1.807, 2.05) is 6.07 Å². The van der Waals surface area contributed by atoms with Crippen LogP contribution >= 0.6 is 0 Å². The number of hydrogen-bond donors (Lipinski definition) is 1. The fourth-order valence-electron chi connectivity index (χ4n) is 5.45. The molecule has 1 aromatic rings. The number of nitrogens with one attached hydrogen (secondary N) is 1. The highest BCUT2D eigenvalue weighted by atomic mass is 16.1. The maximum Gasteiger partial charge on any atom is 0.223 e. The Labute approximate surface area is 127 Å². The predicted octanol–water partition coefficient (Wildman–Crippen LogP) is 3.42. The van der Waals surface area contributed by atoms with Gasteiger partial charge in [0.15, 0.2) is 0 Å². The molecule has 5 rings (SSSR count). The van der Waals surface area contributed by atoms with E-state index in [1.54, 1.807) is 0 Å². The van der Waals surface area contributed by atoms with E-state index in [9.17, 15) is 4.79 Å². The third-order valence-corrected chi connectivity index (χ3v) is 6.09. The molecule has 1 N–H and O–H groups in total. The summed E-state index contributed by atoms with van der Waals surface area (Å²) in [5.41, 5.74) is 1.31. The average molecular weight is 283 g/mol. The topological polar surface area (TPSA) is 29.1 Å². The van der Waals surface area contributed by atoms with Crippen LogP contribution < -0.4 is 5.32 Å². The first-order valence-corrected chi connectivity index (χ1v) is 8.61. The minimum atomic E-state index is 0.327. The number of rotatable bonds is 4. The molecule has 4 aliphatic rings. The van der Waals surface area contributed by atoms with Gasteiger partial charge in [-0.1, -0.05) is 30.3 Å². The number of amides is 1. The Kier molecular flexibility index (Phi) is 3.48. The summed E-state index contributed by atoms with van der Waals surface area (Å²) >= 11 is 0. The van der Waals surface area contributed by atoms with Gasteiger partial charge in [-0.15, -0.1) is 0 Å². The van der Waals surface area contributed by atoms with Gasteiger partial charge in [-0.05, 0) is 67.8 Å². The van der Waals surface area contributed by atoms with Gasteiger partial charge in [0.2, 0.25) is 5.91 Å². The molecule has 112 valence electrons. The molecule has 1 aromatic carbocycles. The Hall–Kier alpha value is -1.31. The van der Waals surface area contributed by atoms with E-state index >= 15 is 0 Å². The van der Waals surface area contributed by atoms with Gasteiger partial charge in [-0.2, -0.15) is 0 Å². The van der Waals surface area contributed by atoms with Crippen LogP contribution in [0, 0.1) is 29.6 Å². The van der Waals surface area contributed by atoms with Crippen molar-refractivity contribution in [3.63, 3.8) is 0 Å². The van der Waals surface area contributed by atoms with Gasteiger partial charge in [0.25, 0.3) is 0 Å². The maximum absolute atomic E-state index is 12.6. The van der Waals surface area contributed by atoms with Crippen molar-refractivity contribution in [2.45, 2.75) is 38.5 Å². The molecular weight excluding hydrogens is 258 g/mol. The summed E-state index contributed by atoms with van der Waals surface area (Å²) in [6, 6.07) is 10.4. The van der Waals surface area contributed by atoms with E-state index in [0.29, 0.717) is 23.7 Å². The monoisotopic (exact) mass is 283 g/mol. The van der Waals surface area contributed by atoms with E-state index in [2.05, 4.69) is 29.6 Å². The molecule has 2 nitrogen and oxygen atoms in total. The molecule has 2 heteroatoms. The SMILES string of the molecule is O=C(NCCc1ccccc1)C1C2CC3CC(C2)CC1C3. The summed E-state index contributed by atoms with van der Waals surface area (Å²) < 4.78 is 0. The Morgan fingerprint density at radius 2 is 1.57 bits per heavy atom. The summed E-state index contributed by atoms with van der Waals surface area (Å²) in [6.45, 7) is 0.783. The molecule has 4 bridgehead atoms. The van der Waals surface area contributed by atoms with Crippen LogP contribution in [0.15, 0.2) is 30.3 Å². The van der Waals surface area contributed by atoms with Crippen LogP contribution in [-0.2, 0) is 11.2 Å². The summed E-state index contributed by atoms with van der Waals surface area (Å²) in [5.74, 6) is 3.95. The van der Waals surface area contributed by atoms with Crippen molar-refractivity contribution in [2.75, 3.05) is 6.54 Å².